The number of nitro groups is 1. The molecule has 0 radical (unpaired) electrons. The molecule has 3 aromatic rings. The average Bonchev–Trinajstić information content (AvgIpc) is 3.00. The van der Waals surface area contributed by atoms with Crippen molar-refractivity contribution >= 4 is 5.69 Å². The molecule has 0 aliphatic carbocycles. The van der Waals surface area contributed by atoms with Crippen LogP contribution < -0.4 is 0 Å². The summed E-state index contributed by atoms with van der Waals surface area (Å²) in [7, 11) is 0. The van der Waals surface area contributed by atoms with E-state index < -0.39 is 4.92 Å². The number of hydrogen-bond acceptors (Lipinski definition) is 4. The lowest BCUT2D eigenvalue weighted by molar-refractivity contribution is -0.384. The molecule has 0 aliphatic rings. The maximum Gasteiger partial charge on any atom is 0.269 e. The lowest BCUT2D eigenvalue weighted by atomic mass is 10.1. The quantitative estimate of drug-likeness (QED) is 0.544. The van der Waals surface area contributed by atoms with Gasteiger partial charge in [-0.05, 0) is 19.1 Å². The second-order valence-electron chi connectivity index (χ2n) is 5.26. The highest BCUT2D eigenvalue weighted by Crippen LogP contribution is 2.21. The van der Waals surface area contributed by atoms with Crippen molar-refractivity contribution in [2.75, 3.05) is 0 Å². The highest BCUT2D eigenvalue weighted by Gasteiger charge is 2.13. The first kappa shape index (κ1) is 14.9. The van der Waals surface area contributed by atoms with Crippen LogP contribution in [0.3, 0.4) is 0 Å². The van der Waals surface area contributed by atoms with Crippen LogP contribution in [0.2, 0.25) is 0 Å². The highest BCUT2D eigenvalue weighted by atomic mass is 16.6. The van der Waals surface area contributed by atoms with Crippen LogP contribution >= 0.6 is 0 Å². The summed E-state index contributed by atoms with van der Waals surface area (Å²) in [6, 6.07) is 14.3. The fraction of sp³-hybridized carbons (Fsp3) is 0.176. The number of aryl methyl sites for hydroxylation is 2. The molecule has 3 rings (SSSR count). The van der Waals surface area contributed by atoms with Crippen molar-refractivity contribution < 1.29 is 4.92 Å². The Morgan fingerprint density at radius 2 is 1.74 bits per heavy atom. The topological polar surface area (TPSA) is 73.8 Å². The van der Waals surface area contributed by atoms with Gasteiger partial charge in [0.2, 0.25) is 0 Å². The highest BCUT2D eigenvalue weighted by molar-refractivity contribution is 5.55. The van der Waals surface area contributed by atoms with Gasteiger partial charge in [0, 0.05) is 24.1 Å². The molecule has 0 aliphatic heterocycles. The number of nitro benzene ring substituents is 1. The van der Waals surface area contributed by atoms with Gasteiger partial charge in [-0.1, -0.05) is 36.8 Å². The molecule has 1 heterocycles. The van der Waals surface area contributed by atoms with Gasteiger partial charge in [-0.25, -0.2) is 9.67 Å². The molecule has 0 saturated heterocycles. The second-order valence-corrected chi connectivity index (χ2v) is 5.26. The molecular formula is C17H16N4O2. The van der Waals surface area contributed by atoms with E-state index in [4.69, 9.17) is 0 Å². The fourth-order valence-corrected chi connectivity index (χ4v) is 2.32. The molecule has 0 fully saturated rings. The number of nitrogens with zero attached hydrogens (tertiary/aromatic N) is 4. The molecule has 0 unspecified atom stereocenters. The number of aromatic nitrogens is 3. The molecule has 2 aromatic carbocycles. The third-order valence-electron chi connectivity index (χ3n) is 3.61. The molecular weight excluding hydrogens is 292 g/mol. The summed E-state index contributed by atoms with van der Waals surface area (Å²) in [6.45, 7) is 4.04. The SMILES string of the molecule is CCc1nc(-c2ccc(C)cc2)nn1-c1ccc([N+](=O)[O-])cc1. The number of hydrogen-bond donors (Lipinski definition) is 0. The first-order valence-electron chi connectivity index (χ1n) is 7.36. The van der Waals surface area contributed by atoms with Crippen molar-refractivity contribution in [1.82, 2.24) is 14.8 Å². The molecule has 0 amide bonds. The first-order valence-corrected chi connectivity index (χ1v) is 7.36. The summed E-state index contributed by atoms with van der Waals surface area (Å²) in [4.78, 5) is 14.9. The van der Waals surface area contributed by atoms with E-state index in [2.05, 4.69) is 10.1 Å². The zero-order chi connectivity index (χ0) is 16.4. The Bertz CT molecular complexity index is 836. The summed E-state index contributed by atoms with van der Waals surface area (Å²) in [5.74, 6) is 1.47. The van der Waals surface area contributed by atoms with E-state index in [1.165, 1.54) is 17.7 Å². The fourth-order valence-electron chi connectivity index (χ4n) is 2.32. The van der Waals surface area contributed by atoms with Gasteiger partial charge < -0.3 is 0 Å². The van der Waals surface area contributed by atoms with E-state index in [1.54, 1.807) is 16.8 Å². The summed E-state index contributed by atoms with van der Waals surface area (Å²) in [5, 5.41) is 15.3. The molecule has 0 saturated carbocycles. The largest absolute Gasteiger partial charge is 0.269 e. The van der Waals surface area contributed by atoms with E-state index in [0.717, 1.165) is 23.5 Å². The van der Waals surface area contributed by atoms with Crippen LogP contribution in [-0.4, -0.2) is 19.7 Å². The van der Waals surface area contributed by atoms with Gasteiger partial charge in [0.1, 0.15) is 5.82 Å². The predicted octanol–water partition coefficient (Wildman–Crippen LogP) is 3.71. The van der Waals surface area contributed by atoms with Crippen LogP contribution in [0.25, 0.3) is 17.1 Å². The maximum atomic E-state index is 10.8. The van der Waals surface area contributed by atoms with Crippen molar-refractivity contribution in [3.8, 4) is 17.1 Å². The Labute approximate surface area is 133 Å². The van der Waals surface area contributed by atoms with Crippen LogP contribution in [-0.2, 0) is 6.42 Å². The average molecular weight is 308 g/mol. The Morgan fingerprint density at radius 1 is 1.09 bits per heavy atom. The first-order chi connectivity index (χ1) is 11.1. The monoisotopic (exact) mass is 308 g/mol. The van der Waals surface area contributed by atoms with Gasteiger partial charge in [-0.15, -0.1) is 5.10 Å². The van der Waals surface area contributed by atoms with Crippen molar-refractivity contribution in [2.45, 2.75) is 20.3 Å². The van der Waals surface area contributed by atoms with Crippen LogP contribution in [0, 0.1) is 17.0 Å². The minimum atomic E-state index is -0.413. The molecule has 6 heteroatoms. The predicted molar refractivity (Wildman–Crippen MR) is 87.6 cm³/mol. The molecule has 0 atom stereocenters. The molecule has 1 aromatic heterocycles. The van der Waals surface area contributed by atoms with Crippen molar-refractivity contribution in [3.05, 3.63) is 70.0 Å². The Hall–Kier alpha value is -3.02. The molecule has 0 N–H and O–H groups in total. The normalized spacial score (nSPS) is 10.7. The standard InChI is InChI=1S/C17H16N4O2/c1-3-16-18-17(13-6-4-12(2)5-7-13)19-20(16)14-8-10-15(11-9-14)21(22)23/h4-11H,3H2,1-2H3. The molecule has 0 spiro atoms. The van der Waals surface area contributed by atoms with Crippen molar-refractivity contribution in [3.63, 3.8) is 0 Å². The minimum absolute atomic E-state index is 0.0608. The van der Waals surface area contributed by atoms with E-state index in [9.17, 15) is 10.1 Å². The number of non-ortho nitro benzene ring substituents is 1. The Balaban J connectivity index is 2.02. The van der Waals surface area contributed by atoms with Crippen molar-refractivity contribution in [2.24, 2.45) is 0 Å². The third-order valence-corrected chi connectivity index (χ3v) is 3.61. The van der Waals surface area contributed by atoms with Crippen LogP contribution in [0.5, 0.6) is 0 Å². The van der Waals surface area contributed by atoms with E-state index >= 15 is 0 Å². The summed E-state index contributed by atoms with van der Waals surface area (Å²) in [5.41, 5.74) is 2.95. The minimum Gasteiger partial charge on any atom is -0.258 e. The van der Waals surface area contributed by atoms with Gasteiger partial charge in [-0.3, -0.25) is 10.1 Å². The van der Waals surface area contributed by atoms with E-state index in [-0.39, 0.29) is 5.69 Å². The Morgan fingerprint density at radius 3 is 2.30 bits per heavy atom. The second kappa shape index (κ2) is 6.00. The molecule has 116 valence electrons. The summed E-state index contributed by atoms with van der Waals surface area (Å²) >= 11 is 0. The molecule has 0 bridgehead atoms. The zero-order valence-corrected chi connectivity index (χ0v) is 12.9. The maximum absolute atomic E-state index is 10.8. The summed E-state index contributed by atoms with van der Waals surface area (Å²) < 4.78 is 1.74. The van der Waals surface area contributed by atoms with E-state index in [1.807, 2.05) is 38.1 Å². The van der Waals surface area contributed by atoms with Gasteiger partial charge in [0.15, 0.2) is 5.82 Å². The van der Waals surface area contributed by atoms with Crippen LogP contribution in [0.1, 0.15) is 18.3 Å². The van der Waals surface area contributed by atoms with E-state index in [0.29, 0.717) is 5.82 Å². The van der Waals surface area contributed by atoms with Gasteiger partial charge in [-0.2, -0.15) is 0 Å². The smallest absolute Gasteiger partial charge is 0.258 e. The number of benzene rings is 2. The van der Waals surface area contributed by atoms with Crippen molar-refractivity contribution in [1.29, 1.82) is 0 Å². The van der Waals surface area contributed by atoms with Crippen LogP contribution in [0.15, 0.2) is 48.5 Å². The van der Waals surface area contributed by atoms with Crippen LogP contribution in [0.4, 0.5) is 5.69 Å². The van der Waals surface area contributed by atoms with Gasteiger partial charge in [0.25, 0.3) is 5.69 Å². The Kier molecular flexibility index (Phi) is 3.89. The van der Waals surface area contributed by atoms with Gasteiger partial charge in [0.05, 0.1) is 10.6 Å². The zero-order valence-electron chi connectivity index (χ0n) is 12.9. The number of rotatable bonds is 4. The molecule has 6 nitrogen and oxygen atoms in total. The van der Waals surface area contributed by atoms with Gasteiger partial charge >= 0.3 is 0 Å². The molecule has 23 heavy (non-hydrogen) atoms. The lowest BCUT2D eigenvalue weighted by Gasteiger charge is -2.03. The lowest BCUT2D eigenvalue weighted by Crippen LogP contribution is -2.02. The summed E-state index contributed by atoms with van der Waals surface area (Å²) in [6.07, 6.45) is 0.718. The third kappa shape index (κ3) is 2.96.